The molecule has 4 N–H and O–H groups in total. The van der Waals surface area contributed by atoms with Crippen molar-refractivity contribution in [2.75, 3.05) is 26.4 Å². The smallest absolute Gasteiger partial charge is 0.118 e. The van der Waals surface area contributed by atoms with Crippen molar-refractivity contribution < 1.29 is 9.47 Å². The minimum Gasteiger partial charge on any atom is -0.379 e. The van der Waals surface area contributed by atoms with E-state index < -0.39 is 0 Å². The van der Waals surface area contributed by atoms with Gasteiger partial charge in [0.1, 0.15) is 6.23 Å². The highest BCUT2D eigenvalue weighted by Crippen LogP contribution is 1.80. The normalized spacial score (nSPS) is 13.5. The topological polar surface area (TPSA) is 70.5 Å². The standard InChI is InChI=1S/C6H16N2O2/c1-2-9-3-4-10-6(8)5-7/h6H,2-5,7-8H2,1H3. The first-order chi connectivity index (χ1) is 4.81. The Hall–Kier alpha value is -0.160. The second-order valence-corrected chi connectivity index (χ2v) is 1.84. The lowest BCUT2D eigenvalue weighted by Crippen LogP contribution is -2.33. The zero-order valence-corrected chi connectivity index (χ0v) is 6.38. The summed E-state index contributed by atoms with van der Waals surface area (Å²) in [5.41, 5.74) is 10.5. The van der Waals surface area contributed by atoms with Crippen LogP contribution >= 0.6 is 0 Å². The van der Waals surface area contributed by atoms with Crippen molar-refractivity contribution in [2.45, 2.75) is 13.2 Å². The van der Waals surface area contributed by atoms with Gasteiger partial charge in [-0.15, -0.1) is 0 Å². The predicted molar refractivity (Wildman–Crippen MR) is 39.5 cm³/mol. The van der Waals surface area contributed by atoms with E-state index in [9.17, 15) is 0 Å². The maximum absolute atomic E-state index is 5.35. The highest BCUT2D eigenvalue weighted by molar-refractivity contribution is 4.45. The van der Waals surface area contributed by atoms with Crippen LogP contribution in [0.2, 0.25) is 0 Å². The molecule has 1 atom stereocenters. The van der Waals surface area contributed by atoms with Crippen LogP contribution in [0.5, 0.6) is 0 Å². The number of rotatable bonds is 6. The summed E-state index contributed by atoms with van der Waals surface area (Å²) in [5.74, 6) is 0. The number of hydrogen-bond donors (Lipinski definition) is 2. The zero-order valence-electron chi connectivity index (χ0n) is 6.38. The molecule has 62 valence electrons. The molecule has 0 saturated heterocycles. The van der Waals surface area contributed by atoms with Crippen LogP contribution in [0.1, 0.15) is 6.92 Å². The first-order valence-corrected chi connectivity index (χ1v) is 3.46. The van der Waals surface area contributed by atoms with E-state index in [1.807, 2.05) is 6.92 Å². The van der Waals surface area contributed by atoms with Crippen molar-refractivity contribution in [3.63, 3.8) is 0 Å². The molecule has 10 heavy (non-hydrogen) atoms. The molecule has 0 aliphatic carbocycles. The number of nitrogens with two attached hydrogens (primary N) is 2. The van der Waals surface area contributed by atoms with E-state index in [4.69, 9.17) is 20.9 Å². The second kappa shape index (κ2) is 6.95. The van der Waals surface area contributed by atoms with Gasteiger partial charge in [-0.2, -0.15) is 0 Å². The Bertz CT molecular complexity index is 70.8. The fraction of sp³-hybridized carbons (Fsp3) is 1.00. The van der Waals surface area contributed by atoms with Crippen LogP contribution in [0.4, 0.5) is 0 Å². The highest BCUT2D eigenvalue weighted by Gasteiger charge is 1.96. The Morgan fingerprint density at radius 3 is 2.60 bits per heavy atom. The monoisotopic (exact) mass is 148 g/mol. The molecular weight excluding hydrogens is 132 g/mol. The van der Waals surface area contributed by atoms with Crippen molar-refractivity contribution >= 4 is 0 Å². The van der Waals surface area contributed by atoms with Gasteiger partial charge < -0.3 is 20.9 Å². The van der Waals surface area contributed by atoms with Crippen LogP contribution in [0, 0.1) is 0 Å². The van der Waals surface area contributed by atoms with Gasteiger partial charge in [0, 0.05) is 13.2 Å². The van der Waals surface area contributed by atoms with Gasteiger partial charge >= 0.3 is 0 Å². The van der Waals surface area contributed by atoms with E-state index in [0.717, 1.165) is 0 Å². The Balaban J connectivity index is 2.89. The molecule has 4 heteroatoms. The summed E-state index contributed by atoms with van der Waals surface area (Å²) in [5, 5.41) is 0. The molecule has 0 spiro atoms. The molecule has 0 aliphatic rings. The minimum absolute atomic E-state index is 0.347. The van der Waals surface area contributed by atoms with Crippen molar-refractivity contribution in [2.24, 2.45) is 11.5 Å². The largest absolute Gasteiger partial charge is 0.379 e. The van der Waals surface area contributed by atoms with Crippen molar-refractivity contribution in [3.8, 4) is 0 Å². The van der Waals surface area contributed by atoms with Gasteiger partial charge in [0.15, 0.2) is 0 Å². The Morgan fingerprint density at radius 2 is 2.10 bits per heavy atom. The third-order valence-corrected chi connectivity index (χ3v) is 0.996. The van der Waals surface area contributed by atoms with Crippen molar-refractivity contribution in [1.82, 2.24) is 0 Å². The Labute approximate surface area is 61.5 Å². The molecule has 1 unspecified atom stereocenters. The Morgan fingerprint density at radius 1 is 1.40 bits per heavy atom. The van der Waals surface area contributed by atoms with Crippen LogP contribution in [0.3, 0.4) is 0 Å². The number of hydrogen-bond acceptors (Lipinski definition) is 4. The average molecular weight is 148 g/mol. The van der Waals surface area contributed by atoms with Crippen LogP contribution in [-0.2, 0) is 9.47 Å². The predicted octanol–water partition coefficient (Wildman–Crippen LogP) is -0.717. The van der Waals surface area contributed by atoms with Gasteiger partial charge in [0.25, 0.3) is 0 Å². The summed E-state index contributed by atoms with van der Waals surface area (Å²) in [7, 11) is 0. The molecule has 0 aliphatic heterocycles. The van der Waals surface area contributed by atoms with E-state index in [1.54, 1.807) is 0 Å². The fourth-order valence-electron chi connectivity index (χ4n) is 0.471. The van der Waals surface area contributed by atoms with Crippen LogP contribution in [0.15, 0.2) is 0 Å². The first kappa shape index (κ1) is 9.84. The fourth-order valence-corrected chi connectivity index (χ4v) is 0.471. The van der Waals surface area contributed by atoms with Crippen LogP contribution in [0.25, 0.3) is 0 Å². The van der Waals surface area contributed by atoms with Gasteiger partial charge in [0.2, 0.25) is 0 Å². The summed E-state index contributed by atoms with van der Waals surface area (Å²) in [6, 6.07) is 0. The van der Waals surface area contributed by atoms with Crippen molar-refractivity contribution in [3.05, 3.63) is 0 Å². The van der Waals surface area contributed by atoms with Gasteiger partial charge in [-0.3, -0.25) is 0 Å². The summed E-state index contributed by atoms with van der Waals surface area (Å²) in [6.07, 6.45) is -0.347. The van der Waals surface area contributed by atoms with E-state index in [2.05, 4.69) is 0 Å². The van der Waals surface area contributed by atoms with Crippen LogP contribution in [-0.4, -0.2) is 32.6 Å². The minimum atomic E-state index is -0.347. The zero-order chi connectivity index (χ0) is 7.82. The quantitative estimate of drug-likeness (QED) is 0.385. The highest BCUT2D eigenvalue weighted by atomic mass is 16.5. The Kier molecular flexibility index (Phi) is 6.84. The van der Waals surface area contributed by atoms with E-state index in [0.29, 0.717) is 26.4 Å². The SMILES string of the molecule is CCOCCOC(N)CN. The van der Waals surface area contributed by atoms with Crippen molar-refractivity contribution in [1.29, 1.82) is 0 Å². The lowest BCUT2D eigenvalue weighted by Gasteiger charge is -2.09. The second-order valence-electron chi connectivity index (χ2n) is 1.84. The maximum atomic E-state index is 5.35. The van der Waals surface area contributed by atoms with Gasteiger partial charge in [-0.1, -0.05) is 0 Å². The lowest BCUT2D eigenvalue weighted by molar-refractivity contribution is 0.0142. The third-order valence-electron chi connectivity index (χ3n) is 0.996. The molecular formula is C6H16N2O2. The molecule has 0 aromatic heterocycles. The van der Waals surface area contributed by atoms with Crippen LogP contribution < -0.4 is 11.5 Å². The summed E-state index contributed by atoms with van der Waals surface area (Å²) in [6.45, 7) is 4.10. The molecule has 0 saturated carbocycles. The van der Waals surface area contributed by atoms with Gasteiger partial charge in [-0.05, 0) is 6.92 Å². The molecule has 0 aromatic rings. The summed E-state index contributed by atoms with van der Waals surface area (Å²) in [4.78, 5) is 0. The molecule has 0 aromatic carbocycles. The molecule has 0 rings (SSSR count). The average Bonchev–Trinajstić information content (AvgIpc) is 1.98. The first-order valence-electron chi connectivity index (χ1n) is 3.46. The molecule has 0 heterocycles. The molecule has 0 bridgehead atoms. The molecule has 0 amide bonds. The van der Waals surface area contributed by atoms with E-state index in [1.165, 1.54) is 0 Å². The van der Waals surface area contributed by atoms with E-state index >= 15 is 0 Å². The lowest BCUT2D eigenvalue weighted by atomic mass is 10.6. The maximum Gasteiger partial charge on any atom is 0.118 e. The molecule has 0 radical (unpaired) electrons. The third kappa shape index (κ3) is 5.97. The van der Waals surface area contributed by atoms with Gasteiger partial charge in [-0.25, -0.2) is 0 Å². The summed E-state index contributed by atoms with van der Waals surface area (Å²) < 4.78 is 10.0. The molecule has 0 fully saturated rings. The van der Waals surface area contributed by atoms with Gasteiger partial charge in [0.05, 0.1) is 13.2 Å². The summed E-state index contributed by atoms with van der Waals surface area (Å²) >= 11 is 0. The molecule has 4 nitrogen and oxygen atoms in total. The van der Waals surface area contributed by atoms with E-state index in [-0.39, 0.29) is 6.23 Å². The number of ether oxygens (including phenoxy) is 2.